The van der Waals surface area contributed by atoms with Gasteiger partial charge in [-0.25, -0.2) is 4.79 Å². The fourth-order valence-electron chi connectivity index (χ4n) is 2.91. The number of carboxylic acid groups (broad SMARTS) is 1. The second kappa shape index (κ2) is 6.64. The van der Waals surface area contributed by atoms with Crippen LogP contribution in [-0.2, 0) is 6.54 Å². The van der Waals surface area contributed by atoms with E-state index in [0.717, 1.165) is 18.5 Å². The van der Waals surface area contributed by atoms with Crippen molar-refractivity contribution in [2.75, 3.05) is 0 Å². The summed E-state index contributed by atoms with van der Waals surface area (Å²) in [6.07, 6.45) is 6.78. The third-order valence-electron chi connectivity index (χ3n) is 4.16. The van der Waals surface area contributed by atoms with E-state index in [0.29, 0.717) is 18.2 Å². The van der Waals surface area contributed by atoms with Crippen LogP contribution in [0.4, 0.5) is 0 Å². The Bertz CT molecular complexity index is 717. The third-order valence-corrected chi connectivity index (χ3v) is 4.16. The van der Waals surface area contributed by atoms with E-state index in [2.05, 4.69) is 10.4 Å². The highest BCUT2D eigenvalue weighted by molar-refractivity contribution is 5.97. The van der Waals surface area contributed by atoms with Gasteiger partial charge in [-0.15, -0.1) is 0 Å². The first-order valence-electron chi connectivity index (χ1n) is 7.79. The largest absolute Gasteiger partial charge is 0.478 e. The highest BCUT2D eigenvalue weighted by Gasteiger charge is 2.17. The molecule has 1 aliphatic rings. The smallest absolute Gasteiger partial charge is 0.335 e. The molecule has 0 bridgehead atoms. The molecule has 1 aromatic carbocycles. The number of nitrogens with one attached hydrogen (secondary N) is 1. The minimum Gasteiger partial charge on any atom is -0.478 e. The normalized spacial score (nSPS) is 14.8. The molecule has 1 saturated carbocycles. The van der Waals surface area contributed by atoms with Gasteiger partial charge in [0.1, 0.15) is 0 Å². The summed E-state index contributed by atoms with van der Waals surface area (Å²) in [4.78, 5) is 23.1. The van der Waals surface area contributed by atoms with Crippen LogP contribution in [0.1, 0.15) is 58.1 Å². The maximum absolute atomic E-state index is 12.1. The molecule has 0 radical (unpaired) electrons. The molecule has 0 aliphatic heterocycles. The summed E-state index contributed by atoms with van der Waals surface area (Å²) < 4.78 is 1.99. The number of aromatic carboxylic acids is 1. The third kappa shape index (κ3) is 3.59. The van der Waals surface area contributed by atoms with Gasteiger partial charge < -0.3 is 10.4 Å². The topological polar surface area (TPSA) is 84.2 Å². The van der Waals surface area contributed by atoms with Crippen molar-refractivity contribution < 1.29 is 14.7 Å². The fraction of sp³-hybridized carbons (Fsp3) is 0.353. The minimum absolute atomic E-state index is 0.100. The first kappa shape index (κ1) is 15.3. The lowest BCUT2D eigenvalue weighted by atomic mass is 10.1. The molecule has 23 heavy (non-hydrogen) atoms. The first-order chi connectivity index (χ1) is 11.1. The van der Waals surface area contributed by atoms with Gasteiger partial charge in [0.15, 0.2) is 0 Å². The van der Waals surface area contributed by atoms with Crippen molar-refractivity contribution in [2.24, 2.45) is 0 Å². The molecule has 0 saturated heterocycles. The molecule has 0 atom stereocenters. The maximum Gasteiger partial charge on any atom is 0.335 e. The van der Waals surface area contributed by atoms with Crippen molar-refractivity contribution in [3.05, 3.63) is 53.3 Å². The SMILES string of the molecule is O=C(O)c1cccc(C(=O)NCc2ccn(C3CCCC3)n2)c1. The molecule has 120 valence electrons. The van der Waals surface area contributed by atoms with Crippen LogP contribution in [0.5, 0.6) is 0 Å². The van der Waals surface area contributed by atoms with E-state index in [4.69, 9.17) is 5.11 Å². The van der Waals surface area contributed by atoms with Crippen LogP contribution in [0, 0.1) is 0 Å². The average Bonchev–Trinajstić information content (AvgIpc) is 3.23. The number of amides is 1. The van der Waals surface area contributed by atoms with E-state index in [1.54, 1.807) is 12.1 Å². The fourth-order valence-corrected chi connectivity index (χ4v) is 2.91. The van der Waals surface area contributed by atoms with Crippen LogP contribution < -0.4 is 5.32 Å². The molecule has 0 unspecified atom stereocenters. The molecule has 6 nitrogen and oxygen atoms in total. The lowest BCUT2D eigenvalue weighted by molar-refractivity contribution is 0.0697. The number of hydrogen-bond acceptors (Lipinski definition) is 3. The van der Waals surface area contributed by atoms with Gasteiger partial charge in [0.05, 0.1) is 23.8 Å². The average molecular weight is 313 g/mol. The highest BCUT2D eigenvalue weighted by Crippen LogP contribution is 2.28. The zero-order valence-corrected chi connectivity index (χ0v) is 12.7. The second-order valence-electron chi connectivity index (χ2n) is 5.79. The van der Waals surface area contributed by atoms with Crippen LogP contribution in [0.25, 0.3) is 0 Å². The van der Waals surface area contributed by atoms with Crippen molar-refractivity contribution in [1.29, 1.82) is 0 Å². The van der Waals surface area contributed by atoms with Crippen molar-refractivity contribution >= 4 is 11.9 Å². The Morgan fingerprint density at radius 2 is 1.96 bits per heavy atom. The summed E-state index contributed by atoms with van der Waals surface area (Å²) >= 11 is 0. The van der Waals surface area contributed by atoms with Gasteiger partial charge in [-0.2, -0.15) is 5.10 Å². The molecule has 1 heterocycles. The van der Waals surface area contributed by atoms with Gasteiger partial charge in [-0.3, -0.25) is 9.48 Å². The Morgan fingerprint density at radius 1 is 1.22 bits per heavy atom. The molecule has 0 spiro atoms. The summed E-state index contributed by atoms with van der Waals surface area (Å²) in [5, 5.41) is 16.3. The minimum atomic E-state index is -1.05. The van der Waals surface area contributed by atoms with Crippen LogP contribution in [0.2, 0.25) is 0 Å². The molecule has 2 aromatic rings. The number of benzene rings is 1. The molecular weight excluding hydrogens is 294 g/mol. The first-order valence-corrected chi connectivity index (χ1v) is 7.79. The van der Waals surface area contributed by atoms with E-state index >= 15 is 0 Å². The lowest BCUT2D eigenvalue weighted by Crippen LogP contribution is -2.23. The van der Waals surface area contributed by atoms with Crippen molar-refractivity contribution in [1.82, 2.24) is 15.1 Å². The molecule has 1 amide bonds. The highest BCUT2D eigenvalue weighted by atomic mass is 16.4. The zero-order chi connectivity index (χ0) is 16.2. The van der Waals surface area contributed by atoms with Crippen molar-refractivity contribution in [3.8, 4) is 0 Å². The molecule has 1 fully saturated rings. The number of aromatic nitrogens is 2. The van der Waals surface area contributed by atoms with E-state index < -0.39 is 5.97 Å². The van der Waals surface area contributed by atoms with Gasteiger partial charge in [0.2, 0.25) is 0 Å². The molecule has 2 N–H and O–H groups in total. The van der Waals surface area contributed by atoms with Gasteiger partial charge in [0, 0.05) is 11.8 Å². The standard InChI is InChI=1S/C17H19N3O3/c21-16(12-4-3-5-13(10-12)17(22)23)18-11-14-8-9-20(19-14)15-6-1-2-7-15/h3-5,8-10,15H,1-2,6-7,11H2,(H,18,21)(H,22,23). The van der Waals surface area contributed by atoms with E-state index in [1.807, 2.05) is 16.9 Å². The summed E-state index contributed by atoms with van der Waals surface area (Å²) in [5.74, 6) is -1.35. The monoisotopic (exact) mass is 313 g/mol. The predicted octanol–water partition coefficient (Wildman–Crippen LogP) is 2.63. The number of carboxylic acids is 1. The van der Waals surface area contributed by atoms with E-state index in [-0.39, 0.29) is 11.5 Å². The van der Waals surface area contributed by atoms with Gasteiger partial charge in [-0.1, -0.05) is 18.9 Å². The number of rotatable bonds is 5. The second-order valence-corrected chi connectivity index (χ2v) is 5.79. The van der Waals surface area contributed by atoms with Crippen LogP contribution in [-0.4, -0.2) is 26.8 Å². The quantitative estimate of drug-likeness (QED) is 0.888. The molecule has 6 heteroatoms. The van der Waals surface area contributed by atoms with E-state index in [9.17, 15) is 9.59 Å². The summed E-state index contributed by atoms with van der Waals surface area (Å²) in [6, 6.07) is 8.38. The summed E-state index contributed by atoms with van der Waals surface area (Å²) in [6.45, 7) is 0.329. The van der Waals surface area contributed by atoms with Crippen LogP contribution >= 0.6 is 0 Å². The summed E-state index contributed by atoms with van der Waals surface area (Å²) in [5.41, 5.74) is 1.24. The van der Waals surface area contributed by atoms with Crippen LogP contribution in [0.3, 0.4) is 0 Å². The number of hydrogen-bond donors (Lipinski definition) is 2. The van der Waals surface area contributed by atoms with Crippen LogP contribution in [0.15, 0.2) is 36.5 Å². The molecule has 1 aromatic heterocycles. The number of carbonyl (C=O) groups is 2. The van der Waals surface area contributed by atoms with E-state index in [1.165, 1.54) is 25.0 Å². The Morgan fingerprint density at radius 3 is 2.70 bits per heavy atom. The number of nitrogens with zero attached hydrogens (tertiary/aromatic N) is 2. The Hall–Kier alpha value is -2.63. The Kier molecular flexibility index (Phi) is 4.41. The summed E-state index contributed by atoms with van der Waals surface area (Å²) in [7, 11) is 0. The van der Waals surface area contributed by atoms with Gasteiger partial charge in [0.25, 0.3) is 5.91 Å². The van der Waals surface area contributed by atoms with Gasteiger partial charge in [-0.05, 0) is 37.1 Å². The van der Waals surface area contributed by atoms with Crippen molar-refractivity contribution in [3.63, 3.8) is 0 Å². The Labute approximate surface area is 134 Å². The lowest BCUT2D eigenvalue weighted by Gasteiger charge is -2.09. The van der Waals surface area contributed by atoms with Crippen molar-refractivity contribution in [2.45, 2.75) is 38.3 Å². The molecular formula is C17H19N3O3. The predicted molar refractivity (Wildman–Crippen MR) is 84.3 cm³/mol. The zero-order valence-electron chi connectivity index (χ0n) is 12.7. The maximum atomic E-state index is 12.1. The number of carbonyl (C=O) groups excluding carboxylic acids is 1. The van der Waals surface area contributed by atoms with Gasteiger partial charge >= 0.3 is 5.97 Å². The molecule has 3 rings (SSSR count). The Balaban J connectivity index is 1.60. The molecule has 1 aliphatic carbocycles.